The molecule has 9 nitrogen and oxygen atoms in total. The predicted octanol–water partition coefficient (Wildman–Crippen LogP) is -2.29. The lowest BCUT2D eigenvalue weighted by atomic mass is 9.91. The number of carbonyl (C=O) groups is 1. The molecule has 0 rings (SSSR count). The average molecular weight is 374 g/mol. The van der Waals surface area contributed by atoms with E-state index in [2.05, 4.69) is 12.6 Å². The van der Waals surface area contributed by atoms with Gasteiger partial charge in [0.05, 0.1) is 63.7 Å². The number of aliphatic carboxylic acids is 1. The highest BCUT2D eigenvalue weighted by molar-refractivity contribution is 7.82. The fraction of sp³-hybridized carbons (Fsp3) is 0.929. The van der Waals surface area contributed by atoms with Gasteiger partial charge in [0.1, 0.15) is 4.75 Å². The summed E-state index contributed by atoms with van der Waals surface area (Å²) in [5, 5.41) is 62.4. The zero-order valence-electron chi connectivity index (χ0n) is 14.1. The van der Waals surface area contributed by atoms with Gasteiger partial charge in [-0.15, -0.1) is 0 Å². The van der Waals surface area contributed by atoms with Crippen LogP contribution in [0.5, 0.6) is 0 Å². The molecule has 10 heteroatoms. The largest absolute Gasteiger partial charge is 0.480 e. The van der Waals surface area contributed by atoms with Gasteiger partial charge in [-0.3, -0.25) is 4.79 Å². The zero-order valence-corrected chi connectivity index (χ0v) is 14.9. The molecule has 0 atom stereocenters. The Kier molecular flexibility index (Phi) is 12.9. The van der Waals surface area contributed by atoms with Gasteiger partial charge in [0.15, 0.2) is 0 Å². The molecule has 0 heterocycles. The van der Waals surface area contributed by atoms with Crippen LogP contribution < -0.4 is 0 Å². The van der Waals surface area contributed by atoms with E-state index in [0.29, 0.717) is 0 Å². The van der Waals surface area contributed by atoms with Gasteiger partial charge >= 0.3 is 5.97 Å². The molecule has 0 fully saturated rings. The van der Waals surface area contributed by atoms with Crippen molar-refractivity contribution in [3.8, 4) is 0 Å². The van der Waals surface area contributed by atoms with Gasteiger partial charge in [0.2, 0.25) is 0 Å². The van der Waals surface area contributed by atoms with Crippen molar-refractivity contribution in [2.45, 2.75) is 18.6 Å². The quantitative estimate of drug-likeness (QED) is 0.186. The highest BCUT2D eigenvalue weighted by Crippen LogP contribution is 2.19. The molecule has 0 bridgehead atoms. The Bertz CT molecular complexity index is 299. The molecule has 0 unspecified atom stereocenters. The summed E-state index contributed by atoms with van der Waals surface area (Å²) in [6.45, 7) is 0.0473. The number of hydrogen-bond acceptors (Lipinski definition) is 9. The van der Waals surface area contributed by atoms with Crippen molar-refractivity contribution in [1.29, 1.82) is 0 Å². The van der Waals surface area contributed by atoms with E-state index in [9.17, 15) is 4.79 Å². The first-order valence-electron chi connectivity index (χ1n) is 7.20. The molecular formula is C14H30O9S. The molecule has 0 aliphatic heterocycles. The summed E-state index contributed by atoms with van der Waals surface area (Å²) < 4.78 is 4.26. The third-order valence-corrected chi connectivity index (χ3v) is 3.54. The second-order valence-electron chi connectivity index (χ2n) is 6.31. The fourth-order valence-electron chi connectivity index (χ4n) is 1.06. The van der Waals surface area contributed by atoms with Crippen LogP contribution in [0, 0.1) is 10.8 Å². The molecule has 0 aromatic rings. The van der Waals surface area contributed by atoms with Crippen molar-refractivity contribution in [3.63, 3.8) is 0 Å². The SMILES string of the molecule is CC(C)(S)C(=O)O.OCC(CO)(CO)COCC(CO)(CO)CO. The Morgan fingerprint density at radius 3 is 1.12 bits per heavy atom. The third kappa shape index (κ3) is 9.14. The molecular weight excluding hydrogens is 344 g/mol. The van der Waals surface area contributed by atoms with Crippen LogP contribution in [-0.2, 0) is 9.53 Å². The predicted molar refractivity (Wildman–Crippen MR) is 88.9 cm³/mol. The van der Waals surface area contributed by atoms with Crippen molar-refractivity contribution in [2.75, 3.05) is 52.9 Å². The number of aliphatic hydroxyl groups excluding tert-OH is 6. The summed E-state index contributed by atoms with van der Waals surface area (Å²) in [4.78, 5) is 9.94. The number of ether oxygens (including phenoxy) is 1. The summed E-state index contributed by atoms with van der Waals surface area (Å²) in [6, 6.07) is 0. The lowest BCUT2D eigenvalue weighted by Crippen LogP contribution is -2.43. The standard InChI is InChI=1S/C10H22O7.C4H8O2S/c11-1-9(2-12,3-13)7-17-8-10(4-14,5-15)6-16;1-4(2,7)3(5)6/h11-16H,1-8H2;7H,1-2H3,(H,5,6). The number of thiol groups is 1. The van der Waals surface area contributed by atoms with Crippen LogP contribution in [0.4, 0.5) is 0 Å². The van der Waals surface area contributed by atoms with Crippen LogP contribution in [-0.4, -0.2) is 99.3 Å². The second-order valence-corrected chi connectivity index (χ2v) is 7.42. The van der Waals surface area contributed by atoms with Gasteiger partial charge in [0, 0.05) is 0 Å². The van der Waals surface area contributed by atoms with Gasteiger partial charge in [-0.1, -0.05) is 0 Å². The first kappa shape index (κ1) is 25.8. The first-order chi connectivity index (χ1) is 11.0. The Morgan fingerprint density at radius 2 is 1.00 bits per heavy atom. The highest BCUT2D eigenvalue weighted by Gasteiger charge is 2.32. The Labute approximate surface area is 146 Å². The fourth-order valence-corrected chi connectivity index (χ4v) is 1.06. The second kappa shape index (κ2) is 12.0. The van der Waals surface area contributed by atoms with Crippen LogP contribution in [0.3, 0.4) is 0 Å². The maximum atomic E-state index is 9.94. The third-order valence-electron chi connectivity index (χ3n) is 3.35. The lowest BCUT2D eigenvalue weighted by Gasteiger charge is -2.31. The van der Waals surface area contributed by atoms with Crippen LogP contribution >= 0.6 is 12.6 Å². The van der Waals surface area contributed by atoms with E-state index in [0.717, 1.165) is 0 Å². The van der Waals surface area contributed by atoms with Crippen molar-refractivity contribution >= 4 is 18.6 Å². The minimum Gasteiger partial charge on any atom is -0.480 e. The monoisotopic (exact) mass is 374 g/mol. The molecule has 0 aromatic heterocycles. The molecule has 24 heavy (non-hydrogen) atoms. The molecule has 0 aliphatic rings. The Hall–Kier alpha value is -0.460. The topological polar surface area (TPSA) is 168 Å². The van der Waals surface area contributed by atoms with Gasteiger partial charge in [-0.05, 0) is 13.8 Å². The normalized spacial score (nSPS) is 12.5. The summed E-state index contributed by atoms with van der Waals surface area (Å²) in [5.41, 5.74) is -2.32. The number of carboxylic acids is 1. The summed E-state index contributed by atoms with van der Waals surface area (Å²) in [5.74, 6) is -0.893. The van der Waals surface area contributed by atoms with Crippen LogP contribution in [0.1, 0.15) is 13.8 Å². The minimum atomic E-state index is -1.16. The number of hydrogen-bond donors (Lipinski definition) is 8. The van der Waals surface area contributed by atoms with Crippen molar-refractivity contribution < 1.29 is 45.3 Å². The van der Waals surface area contributed by atoms with Crippen molar-refractivity contribution in [1.82, 2.24) is 0 Å². The molecule has 0 saturated carbocycles. The van der Waals surface area contributed by atoms with E-state index in [4.69, 9.17) is 40.5 Å². The van der Waals surface area contributed by atoms with E-state index in [1.54, 1.807) is 0 Å². The van der Waals surface area contributed by atoms with Gasteiger partial charge in [-0.2, -0.15) is 12.6 Å². The van der Waals surface area contributed by atoms with Gasteiger partial charge < -0.3 is 40.5 Å². The molecule has 0 saturated heterocycles. The summed E-state index contributed by atoms with van der Waals surface area (Å²) >= 11 is 3.75. The molecule has 0 aromatic carbocycles. The van der Waals surface area contributed by atoms with Crippen LogP contribution in [0.2, 0.25) is 0 Å². The van der Waals surface area contributed by atoms with E-state index >= 15 is 0 Å². The smallest absolute Gasteiger partial charge is 0.318 e. The Morgan fingerprint density at radius 1 is 0.792 bits per heavy atom. The van der Waals surface area contributed by atoms with E-state index < -0.39 is 61.2 Å². The Balaban J connectivity index is 0. The van der Waals surface area contributed by atoms with Gasteiger partial charge in [0.25, 0.3) is 0 Å². The minimum absolute atomic E-state index is 0.141. The average Bonchev–Trinajstić information content (AvgIpc) is 2.56. The molecule has 0 aliphatic carbocycles. The number of rotatable bonds is 11. The first-order valence-corrected chi connectivity index (χ1v) is 7.65. The highest BCUT2D eigenvalue weighted by atomic mass is 32.1. The van der Waals surface area contributed by atoms with Crippen molar-refractivity contribution in [3.05, 3.63) is 0 Å². The molecule has 7 N–H and O–H groups in total. The number of carboxylic acid groups (broad SMARTS) is 1. The van der Waals surface area contributed by atoms with Crippen LogP contribution in [0.15, 0.2) is 0 Å². The lowest BCUT2D eigenvalue weighted by molar-refractivity contribution is -0.138. The molecule has 0 spiro atoms. The maximum Gasteiger partial charge on any atom is 0.318 e. The molecule has 0 amide bonds. The number of aliphatic hydroxyl groups is 6. The summed E-state index contributed by atoms with van der Waals surface area (Å²) in [7, 11) is 0. The van der Waals surface area contributed by atoms with Crippen LogP contribution in [0.25, 0.3) is 0 Å². The van der Waals surface area contributed by atoms with Crippen molar-refractivity contribution in [2.24, 2.45) is 10.8 Å². The summed E-state index contributed by atoms with van der Waals surface area (Å²) in [6.07, 6.45) is 0. The van der Waals surface area contributed by atoms with E-state index in [1.165, 1.54) is 13.8 Å². The van der Waals surface area contributed by atoms with E-state index in [-0.39, 0.29) is 13.2 Å². The maximum absolute atomic E-state index is 9.94. The molecule has 146 valence electrons. The molecule has 0 radical (unpaired) electrons. The van der Waals surface area contributed by atoms with E-state index in [1.807, 2.05) is 0 Å². The zero-order chi connectivity index (χ0) is 19.4. The van der Waals surface area contributed by atoms with Gasteiger partial charge in [-0.25, -0.2) is 0 Å².